The lowest BCUT2D eigenvalue weighted by Gasteiger charge is -2.18. The smallest absolute Gasteiger partial charge is 0.254 e. The van der Waals surface area contributed by atoms with Crippen LogP contribution in [0.25, 0.3) is 5.69 Å². The summed E-state index contributed by atoms with van der Waals surface area (Å²) in [6.45, 7) is 6.70. The minimum absolute atomic E-state index is 0.0458. The Labute approximate surface area is 166 Å². The first-order chi connectivity index (χ1) is 13.6. The topological polar surface area (TPSA) is 50.2 Å². The summed E-state index contributed by atoms with van der Waals surface area (Å²) in [6.07, 6.45) is 2.76. The van der Waals surface area contributed by atoms with Gasteiger partial charge in [-0.25, -0.2) is 4.68 Å². The van der Waals surface area contributed by atoms with E-state index in [1.165, 1.54) is 5.69 Å². The van der Waals surface area contributed by atoms with Gasteiger partial charge >= 0.3 is 0 Å². The summed E-state index contributed by atoms with van der Waals surface area (Å²) in [5.41, 5.74) is 4.90. The second kappa shape index (κ2) is 7.89. The summed E-state index contributed by atoms with van der Waals surface area (Å²) in [5, 5.41) is 7.56. The summed E-state index contributed by atoms with van der Waals surface area (Å²) in [5.74, 6) is 0.423. The number of carbonyl (C=O) groups is 1. The molecule has 0 unspecified atom stereocenters. The van der Waals surface area contributed by atoms with E-state index in [2.05, 4.69) is 52.6 Å². The third kappa shape index (κ3) is 3.65. The second-order valence-corrected chi connectivity index (χ2v) is 7.49. The molecule has 0 radical (unpaired) electrons. The van der Waals surface area contributed by atoms with E-state index in [0.717, 1.165) is 36.5 Å². The van der Waals surface area contributed by atoms with E-state index < -0.39 is 0 Å². The van der Waals surface area contributed by atoms with Crippen molar-refractivity contribution in [3.05, 3.63) is 77.6 Å². The third-order valence-corrected chi connectivity index (χ3v) is 5.56. The molecule has 0 aliphatic carbocycles. The Balaban J connectivity index is 1.38. The molecule has 2 aromatic carbocycles. The molecule has 1 N–H and O–H groups in total. The number of amides is 1. The monoisotopic (exact) mass is 374 g/mol. The molecule has 1 aromatic heterocycles. The molecule has 5 heteroatoms. The summed E-state index contributed by atoms with van der Waals surface area (Å²) < 4.78 is 1.84. The Morgan fingerprint density at radius 1 is 1.11 bits per heavy atom. The molecule has 1 fully saturated rings. The predicted molar refractivity (Wildman–Crippen MR) is 112 cm³/mol. The van der Waals surface area contributed by atoms with Crippen LogP contribution in [0.5, 0.6) is 0 Å². The number of aromatic nitrogens is 2. The minimum Gasteiger partial charge on any atom is -0.371 e. The van der Waals surface area contributed by atoms with E-state index in [0.29, 0.717) is 18.0 Å². The van der Waals surface area contributed by atoms with Crippen molar-refractivity contribution in [2.24, 2.45) is 5.92 Å². The van der Waals surface area contributed by atoms with Crippen LogP contribution in [0.4, 0.5) is 5.69 Å². The van der Waals surface area contributed by atoms with E-state index in [4.69, 9.17) is 0 Å². The maximum Gasteiger partial charge on any atom is 0.254 e. The van der Waals surface area contributed by atoms with Crippen LogP contribution in [0.15, 0.2) is 60.8 Å². The average Bonchev–Trinajstić information content (AvgIpc) is 3.34. The van der Waals surface area contributed by atoms with Crippen molar-refractivity contribution < 1.29 is 4.79 Å². The highest BCUT2D eigenvalue weighted by atomic mass is 16.1. The summed E-state index contributed by atoms with van der Waals surface area (Å²) in [6, 6.07) is 18.5. The molecule has 0 spiro atoms. The Kier molecular flexibility index (Phi) is 5.15. The molecule has 28 heavy (non-hydrogen) atoms. The first-order valence-corrected chi connectivity index (χ1v) is 9.82. The molecule has 0 bridgehead atoms. The maximum atomic E-state index is 12.7. The maximum absolute atomic E-state index is 12.7. The highest BCUT2D eigenvalue weighted by Crippen LogP contribution is 2.23. The molecule has 2 heterocycles. The second-order valence-electron chi connectivity index (χ2n) is 7.49. The van der Waals surface area contributed by atoms with Crippen LogP contribution < -0.4 is 10.2 Å². The number of nitrogens with one attached hydrogen (secondary N) is 1. The minimum atomic E-state index is -0.0458. The quantitative estimate of drug-likeness (QED) is 0.740. The van der Waals surface area contributed by atoms with Crippen LogP contribution in [0, 0.1) is 19.8 Å². The molecular formula is C23H26N4O. The third-order valence-electron chi connectivity index (χ3n) is 5.56. The van der Waals surface area contributed by atoms with Gasteiger partial charge in [-0.1, -0.05) is 36.4 Å². The van der Waals surface area contributed by atoms with Gasteiger partial charge in [0.25, 0.3) is 5.91 Å². The molecule has 1 aliphatic rings. The van der Waals surface area contributed by atoms with Gasteiger partial charge in [0, 0.05) is 25.3 Å². The van der Waals surface area contributed by atoms with Crippen LogP contribution in [0.1, 0.15) is 28.0 Å². The molecule has 0 saturated carbocycles. The van der Waals surface area contributed by atoms with E-state index in [1.807, 2.05) is 35.9 Å². The Morgan fingerprint density at radius 2 is 1.86 bits per heavy atom. The fourth-order valence-electron chi connectivity index (χ4n) is 3.88. The first kappa shape index (κ1) is 18.3. The first-order valence-electron chi connectivity index (χ1n) is 9.82. The van der Waals surface area contributed by atoms with E-state index in [9.17, 15) is 4.79 Å². The van der Waals surface area contributed by atoms with Gasteiger partial charge in [0.05, 0.1) is 23.1 Å². The highest BCUT2D eigenvalue weighted by molar-refractivity contribution is 5.95. The van der Waals surface area contributed by atoms with E-state index >= 15 is 0 Å². The zero-order chi connectivity index (χ0) is 19.5. The van der Waals surface area contributed by atoms with Crippen molar-refractivity contribution in [2.75, 3.05) is 24.5 Å². The summed E-state index contributed by atoms with van der Waals surface area (Å²) in [7, 11) is 0. The van der Waals surface area contributed by atoms with Gasteiger partial charge < -0.3 is 10.2 Å². The van der Waals surface area contributed by atoms with Crippen LogP contribution >= 0.6 is 0 Å². The number of nitrogens with zero attached hydrogens (tertiary/aromatic N) is 3. The van der Waals surface area contributed by atoms with Gasteiger partial charge in [-0.05, 0) is 49.9 Å². The molecule has 4 rings (SSSR count). The molecule has 1 aliphatic heterocycles. The normalized spacial score (nSPS) is 16.4. The fourth-order valence-corrected chi connectivity index (χ4v) is 3.88. The molecule has 1 saturated heterocycles. The number of para-hydroxylation sites is 2. The molecule has 5 nitrogen and oxygen atoms in total. The van der Waals surface area contributed by atoms with Crippen molar-refractivity contribution in [3.8, 4) is 5.69 Å². The van der Waals surface area contributed by atoms with E-state index in [-0.39, 0.29) is 5.91 Å². The largest absolute Gasteiger partial charge is 0.371 e. The Morgan fingerprint density at radius 3 is 2.64 bits per heavy atom. The number of benzene rings is 2. The lowest BCUT2D eigenvalue weighted by atomic mass is 10.1. The van der Waals surface area contributed by atoms with E-state index in [1.54, 1.807) is 6.20 Å². The van der Waals surface area contributed by atoms with Crippen molar-refractivity contribution in [3.63, 3.8) is 0 Å². The van der Waals surface area contributed by atoms with Crippen molar-refractivity contribution in [1.29, 1.82) is 0 Å². The number of hydrogen-bond acceptors (Lipinski definition) is 3. The number of aryl methyl sites for hydroxylation is 1. The van der Waals surface area contributed by atoms with Gasteiger partial charge in [-0.2, -0.15) is 5.10 Å². The van der Waals surface area contributed by atoms with Crippen LogP contribution in [0.3, 0.4) is 0 Å². The zero-order valence-electron chi connectivity index (χ0n) is 16.4. The molecule has 3 aromatic rings. The molecule has 1 atom stereocenters. The van der Waals surface area contributed by atoms with Crippen LogP contribution in [-0.4, -0.2) is 35.3 Å². The lowest BCUT2D eigenvalue weighted by Crippen LogP contribution is -2.31. The zero-order valence-corrected chi connectivity index (χ0v) is 16.4. The SMILES string of the molecule is Cc1ccccc1-n1ncc(C(=O)NC[C@@H]2CCN(c3ccccc3)C2)c1C. The Hall–Kier alpha value is -3.08. The molecule has 144 valence electrons. The van der Waals surface area contributed by atoms with Crippen molar-refractivity contribution in [1.82, 2.24) is 15.1 Å². The number of anilines is 1. The van der Waals surface area contributed by atoms with Gasteiger partial charge in [-0.3, -0.25) is 4.79 Å². The van der Waals surface area contributed by atoms with Crippen molar-refractivity contribution in [2.45, 2.75) is 20.3 Å². The van der Waals surface area contributed by atoms with Gasteiger partial charge in [0.1, 0.15) is 0 Å². The molecular weight excluding hydrogens is 348 g/mol. The molecule has 1 amide bonds. The average molecular weight is 374 g/mol. The summed E-state index contributed by atoms with van der Waals surface area (Å²) in [4.78, 5) is 15.1. The van der Waals surface area contributed by atoms with Gasteiger partial charge in [0.15, 0.2) is 0 Å². The van der Waals surface area contributed by atoms with Crippen molar-refractivity contribution >= 4 is 11.6 Å². The van der Waals surface area contributed by atoms with Gasteiger partial charge in [-0.15, -0.1) is 0 Å². The van der Waals surface area contributed by atoms with Crippen LogP contribution in [0.2, 0.25) is 0 Å². The van der Waals surface area contributed by atoms with Gasteiger partial charge in [0.2, 0.25) is 0 Å². The number of hydrogen-bond donors (Lipinski definition) is 1. The predicted octanol–water partition coefficient (Wildman–Crippen LogP) is 3.75. The Bertz CT molecular complexity index is 964. The highest BCUT2D eigenvalue weighted by Gasteiger charge is 2.24. The lowest BCUT2D eigenvalue weighted by molar-refractivity contribution is 0.0947. The van der Waals surface area contributed by atoms with Crippen LogP contribution in [-0.2, 0) is 0 Å². The summed E-state index contributed by atoms with van der Waals surface area (Å²) >= 11 is 0. The fraction of sp³-hybridized carbons (Fsp3) is 0.304. The standard InChI is InChI=1S/C23H26N4O/c1-17-8-6-7-11-22(17)27-18(2)21(15-25-27)23(28)24-14-19-12-13-26(16-19)20-9-4-3-5-10-20/h3-11,15,19H,12-14,16H2,1-2H3,(H,24,28)/t19-/m0/s1. The number of rotatable bonds is 5. The number of carbonyl (C=O) groups excluding carboxylic acids is 1.